The third kappa shape index (κ3) is 2.42. The van der Waals surface area contributed by atoms with E-state index in [0.717, 1.165) is 6.20 Å². The molecule has 0 aromatic carbocycles. The Kier molecular flexibility index (Phi) is 3.35. The van der Waals surface area contributed by atoms with Crippen molar-refractivity contribution in [2.24, 2.45) is 23.6 Å². The molecule has 0 aliphatic carbocycles. The highest BCUT2D eigenvalue weighted by atomic mass is 32.1. The first-order valence-electron chi connectivity index (χ1n) is 3.98. The Morgan fingerprint density at radius 2 is 2.38 bits per heavy atom. The lowest BCUT2D eigenvalue weighted by Crippen LogP contribution is -2.29. The quantitative estimate of drug-likeness (QED) is 0.199. The van der Waals surface area contributed by atoms with Gasteiger partial charge in [-0.1, -0.05) is 0 Å². The second-order valence-corrected chi connectivity index (χ2v) is 3.17. The van der Waals surface area contributed by atoms with Crippen molar-refractivity contribution in [2.45, 2.75) is 0 Å². The molecule has 0 saturated heterocycles. The average Bonchev–Trinajstić information content (AvgIpc) is 2.56. The summed E-state index contributed by atoms with van der Waals surface area (Å²) in [5, 5.41) is 14.1. The van der Waals surface area contributed by atoms with Gasteiger partial charge in [0.2, 0.25) is 5.84 Å². The van der Waals surface area contributed by atoms with E-state index in [9.17, 15) is 10.1 Å². The van der Waals surface area contributed by atoms with E-state index in [1.807, 2.05) is 0 Å². The summed E-state index contributed by atoms with van der Waals surface area (Å²) in [4.78, 5) is 13.7. The largest absolute Gasteiger partial charge is 0.377 e. The van der Waals surface area contributed by atoms with E-state index in [1.54, 1.807) is 0 Å². The Labute approximate surface area is 95.3 Å². The molecule has 86 valence electrons. The molecule has 0 fully saturated rings. The molecule has 0 bridgehead atoms. The Morgan fingerprint density at radius 3 is 2.81 bits per heavy atom. The van der Waals surface area contributed by atoms with E-state index in [0.29, 0.717) is 0 Å². The third-order valence-electron chi connectivity index (χ3n) is 1.67. The van der Waals surface area contributed by atoms with Gasteiger partial charge < -0.3 is 21.6 Å². The SMILES string of the molecule is Cn1c([N+](=O)[O-])cnc1/C(N)=N\NC(N)=S. The number of nitrogens with two attached hydrogens (primary N) is 2. The molecule has 5 N–H and O–H groups in total. The second kappa shape index (κ2) is 4.53. The third-order valence-corrected chi connectivity index (χ3v) is 1.76. The van der Waals surface area contributed by atoms with E-state index < -0.39 is 4.92 Å². The zero-order valence-corrected chi connectivity index (χ0v) is 9.06. The second-order valence-electron chi connectivity index (χ2n) is 2.73. The molecule has 0 saturated carbocycles. The van der Waals surface area contributed by atoms with Gasteiger partial charge in [-0.2, -0.15) is 0 Å². The molecule has 1 rings (SSSR count). The standard InChI is InChI=1S/C6H9N7O2S/c1-12-3(13(14)15)2-9-5(12)4(7)10-11-6(8)16/h2H,1H3,(H2,7,10)(H3,8,11,16). The number of hydrogen-bond acceptors (Lipinski definition) is 5. The number of hydrazone groups is 1. The van der Waals surface area contributed by atoms with Crippen LogP contribution in [-0.2, 0) is 7.05 Å². The highest BCUT2D eigenvalue weighted by Crippen LogP contribution is 2.10. The number of amidine groups is 1. The molecule has 1 heterocycles. The van der Waals surface area contributed by atoms with Gasteiger partial charge in [0, 0.05) is 0 Å². The van der Waals surface area contributed by atoms with E-state index in [2.05, 4.69) is 27.7 Å². The molecule has 1 aromatic heterocycles. The number of thiocarbonyl (C=S) groups is 1. The van der Waals surface area contributed by atoms with Crippen LogP contribution in [0.15, 0.2) is 11.3 Å². The van der Waals surface area contributed by atoms with Crippen molar-refractivity contribution < 1.29 is 4.92 Å². The molecule has 1 aromatic rings. The van der Waals surface area contributed by atoms with Crippen LogP contribution in [0.3, 0.4) is 0 Å². The summed E-state index contributed by atoms with van der Waals surface area (Å²) in [5.41, 5.74) is 12.9. The first-order chi connectivity index (χ1) is 7.43. The lowest BCUT2D eigenvalue weighted by Gasteiger charge is -1.99. The van der Waals surface area contributed by atoms with Crippen LogP contribution in [0.2, 0.25) is 0 Å². The molecule has 0 atom stereocenters. The summed E-state index contributed by atoms with van der Waals surface area (Å²) in [6.07, 6.45) is 1.08. The van der Waals surface area contributed by atoms with Crippen LogP contribution in [0.1, 0.15) is 5.82 Å². The summed E-state index contributed by atoms with van der Waals surface area (Å²) < 4.78 is 1.19. The highest BCUT2D eigenvalue weighted by molar-refractivity contribution is 7.80. The van der Waals surface area contributed by atoms with Crippen molar-refractivity contribution in [1.29, 1.82) is 0 Å². The Morgan fingerprint density at radius 1 is 1.75 bits per heavy atom. The van der Waals surface area contributed by atoms with Crippen molar-refractivity contribution in [3.8, 4) is 0 Å². The Balaban J connectivity index is 3.01. The van der Waals surface area contributed by atoms with Gasteiger partial charge in [-0.05, 0) is 17.1 Å². The number of imidazole rings is 1. The van der Waals surface area contributed by atoms with Crippen molar-refractivity contribution >= 4 is 29.0 Å². The lowest BCUT2D eigenvalue weighted by atomic mass is 10.5. The van der Waals surface area contributed by atoms with E-state index in [4.69, 9.17) is 11.5 Å². The summed E-state index contributed by atoms with van der Waals surface area (Å²) in [6, 6.07) is 0. The topological polar surface area (TPSA) is 137 Å². The number of nitro groups is 1. The number of nitrogens with zero attached hydrogens (tertiary/aromatic N) is 4. The van der Waals surface area contributed by atoms with Gasteiger partial charge in [0.1, 0.15) is 6.20 Å². The van der Waals surface area contributed by atoms with Crippen molar-refractivity contribution in [3.05, 3.63) is 22.1 Å². The number of nitrogens with one attached hydrogen (secondary N) is 1. The minimum Gasteiger partial charge on any atom is -0.377 e. The predicted octanol–water partition coefficient (Wildman–Crippen LogP) is -1.22. The van der Waals surface area contributed by atoms with Gasteiger partial charge in [0.15, 0.2) is 5.11 Å². The Hall–Kier alpha value is -2.23. The van der Waals surface area contributed by atoms with Crippen LogP contribution < -0.4 is 16.9 Å². The Bertz CT molecular complexity index is 465. The van der Waals surface area contributed by atoms with E-state index >= 15 is 0 Å². The molecular weight excluding hydrogens is 234 g/mol. The normalized spacial score (nSPS) is 11.2. The minimum absolute atomic E-state index is 0.0524. The fourth-order valence-electron chi connectivity index (χ4n) is 0.973. The minimum atomic E-state index is -0.579. The highest BCUT2D eigenvalue weighted by Gasteiger charge is 2.19. The molecule has 16 heavy (non-hydrogen) atoms. The fraction of sp³-hybridized carbons (Fsp3) is 0.167. The maximum atomic E-state index is 10.5. The van der Waals surface area contributed by atoms with Crippen molar-refractivity contribution in [1.82, 2.24) is 15.0 Å². The zero-order valence-electron chi connectivity index (χ0n) is 8.25. The summed E-state index contributed by atoms with van der Waals surface area (Å²) in [7, 11) is 1.45. The van der Waals surface area contributed by atoms with Gasteiger partial charge in [-0.25, -0.2) is 9.55 Å². The summed E-state index contributed by atoms with van der Waals surface area (Å²) >= 11 is 4.51. The van der Waals surface area contributed by atoms with E-state index in [-0.39, 0.29) is 22.6 Å². The van der Waals surface area contributed by atoms with Crippen LogP contribution in [0, 0.1) is 10.1 Å². The van der Waals surface area contributed by atoms with Crippen LogP contribution >= 0.6 is 12.2 Å². The predicted molar refractivity (Wildman–Crippen MR) is 60.5 cm³/mol. The maximum absolute atomic E-state index is 10.5. The molecular formula is C6H9N7O2S. The van der Waals surface area contributed by atoms with Crippen LogP contribution in [0.25, 0.3) is 0 Å². The zero-order chi connectivity index (χ0) is 12.3. The molecule has 0 spiro atoms. The fourth-order valence-corrected chi connectivity index (χ4v) is 1.02. The summed E-state index contributed by atoms with van der Waals surface area (Å²) in [6.45, 7) is 0. The van der Waals surface area contributed by atoms with Gasteiger partial charge in [-0.3, -0.25) is 5.43 Å². The van der Waals surface area contributed by atoms with Crippen molar-refractivity contribution in [2.75, 3.05) is 0 Å². The van der Waals surface area contributed by atoms with Crippen molar-refractivity contribution in [3.63, 3.8) is 0 Å². The van der Waals surface area contributed by atoms with E-state index in [1.165, 1.54) is 11.6 Å². The molecule has 0 aliphatic rings. The lowest BCUT2D eigenvalue weighted by molar-refractivity contribution is -0.391. The van der Waals surface area contributed by atoms with Gasteiger partial charge in [-0.15, -0.1) is 5.10 Å². The molecule has 10 heteroatoms. The number of rotatable bonds is 3. The maximum Gasteiger partial charge on any atom is 0.343 e. The average molecular weight is 243 g/mol. The molecule has 9 nitrogen and oxygen atoms in total. The number of hydrogen-bond donors (Lipinski definition) is 3. The molecule has 0 amide bonds. The van der Waals surface area contributed by atoms with Gasteiger partial charge >= 0.3 is 5.82 Å². The summed E-state index contributed by atoms with van der Waals surface area (Å²) in [5.74, 6) is -0.0951. The first-order valence-corrected chi connectivity index (χ1v) is 4.39. The smallest absolute Gasteiger partial charge is 0.343 e. The van der Waals surface area contributed by atoms with Gasteiger partial charge in [0.05, 0.1) is 7.05 Å². The number of aromatic nitrogens is 2. The van der Waals surface area contributed by atoms with Gasteiger partial charge in [0.25, 0.3) is 5.82 Å². The van der Waals surface area contributed by atoms with Crippen LogP contribution in [0.5, 0.6) is 0 Å². The first kappa shape index (κ1) is 11.8. The van der Waals surface area contributed by atoms with Crippen LogP contribution in [0.4, 0.5) is 5.82 Å². The van der Waals surface area contributed by atoms with Crippen LogP contribution in [-0.4, -0.2) is 25.4 Å². The molecule has 0 unspecified atom stereocenters. The monoisotopic (exact) mass is 243 g/mol. The molecule has 0 radical (unpaired) electrons. The molecule has 0 aliphatic heterocycles.